The predicted molar refractivity (Wildman–Crippen MR) is 118 cm³/mol. The summed E-state index contributed by atoms with van der Waals surface area (Å²) in [4.78, 5) is 16.4. The summed E-state index contributed by atoms with van der Waals surface area (Å²) in [5.74, 6) is 0.884. The van der Waals surface area contributed by atoms with E-state index < -0.39 is 6.36 Å². The van der Waals surface area contributed by atoms with E-state index >= 15 is 0 Å². The van der Waals surface area contributed by atoms with Gasteiger partial charge in [-0.3, -0.25) is 4.79 Å². The summed E-state index contributed by atoms with van der Waals surface area (Å²) in [6.45, 7) is 4.16. The molecule has 2 aromatic carbocycles. The van der Waals surface area contributed by atoms with Gasteiger partial charge in [0.25, 0.3) is 0 Å². The van der Waals surface area contributed by atoms with Gasteiger partial charge in [-0.05, 0) is 49.1 Å². The number of methoxy groups -OCH3 is 2. The first-order valence-electron chi connectivity index (χ1n) is 10.6. The van der Waals surface area contributed by atoms with E-state index in [2.05, 4.69) is 23.2 Å². The number of nitrogens with zero attached hydrogens (tertiary/aromatic N) is 2. The lowest BCUT2D eigenvalue weighted by molar-refractivity contribution is -0.274. The minimum Gasteiger partial charge on any atom is -0.496 e. The molecule has 3 rings (SSSR count). The molecule has 0 saturated carbocycles. The molecule has 0 spiro atoms. The molecule has 0 aliphatic heterocycles. The molecular formula is C24H27F3N2O4. The number of hydrogen-bond acceptors (Lipinski definition) is 5. The maximum atomic E-state index is 12.4. The quantitative estimate of drug-likeness (QED) is 0.385. The van der Waals surface area contributed by atoms with Crippen molar-refractivity contribution >= 4 is 17.0 Å². The Morgan fingerprint density at radius 2 is 1.85 bits per heavy atom. The molecule has 0 N–H and O–H groups in total. The number of halogens is 3. The van der Waals surface area contributed by atoms with E-state index in [1.54, 1.807) is 19.2 Å². The fourth-order valence-electron chi connectivity index (χ4n) is 3.73. The molecule has 0 saturated heterocycles. The fourth-order valence-corrected chi connectivity index (χ4v) is 3.73. The van der Waals surface area contributed by atoms with Gasteiger partial charge < -0.3 is 18.8 Å². The number of esters is 1. The number of alkyl halides is 3. The highest BCUT2D eigenvalue weighted by Crippen LogP contribution is 2.32. The van der Waals surface area contributed by atoms with Gasteiger partial charge in [0.05, 0.1) is 25.3 Å². The van der Waals surface area contributed by atoms with Crippen LogP contribution >= 0.6 is 0 Å². The number of aryl methyl sites for hydroxylation is 1. The van der Waals surface area contributed by atoms with E-state index in [4.69, 9.17) is 14.5 Å². The van der Waals surface area contributed by atoms with Crippen molar-refractivity contribution in [2.45, 2.75) is 51.9 Å². The molecule has 0 unspecified atom stereocenters. The van der Waals surface area contributed by atoms with Crippen molar-refractivity contribution in [3.63, 3.8) is 0 Å². The summed E-state index contributed by atoms with van der Waals surface area (Å²) < 4.78 is 53.7. The first kappa shape index (κ1) is 24.4. The van der Waals surface area contributed by atoms with Crippen LogP contribution in [0, 0.1) is 0 Å². The van der Waals surface area contributed by atoms with Gasteiger partial charge in [0.1, 0.15) is 17.3 Å². The molecule has 0 fully saturated rings. The van der Waals surface area contributed by atoms with Crippen LogP contribution in [0.3, 0.4) is 0 Å². The van der Waals surface area contributed by atoms with Gasteiger partial charge >= 0.3 is 12.3 Å². The van der Waals surface area contributed by atoms with Crippen LogP contribution in [-0.2, 0) is 22.4 Å². The van der Waals surface area contributed by atoms with Gasteiger partial charge in [-0.25, -0.2) is 4.98 Å². The average molecular weight is 464 g/mol. The topological polar surface area (TPSA) is 62.6 Å². The van der Waals surface area contributed by atoms with Crippen LogP contribution in [-0.4, -0.2) is 36.1 Å². The fraction of sp³-hybridized carbons (Fsp3) is 0.417. The Morgan fingerprint density at radius 3 is 2.42 bits per heavy atom. The standard InChI is InChI=1S/C24H27F3N2O4/c1-5-15(2)29-20-14-21(31-3)17(8-11-23(30)32-4)13-19(20)28-22(29)12-16-6-9-18(10-7-16)33-24(25,26)27/h6-7,9-10,13-15H,5,8,11-12H2,1-4H3/t15-/m1/s1. The molecule has 1 aromatic heterocycles. The zero-order valence-electron chi connectivity index (χ0n) is 19.0. The van der Waals surface area contributed by atoms with Crippen LogP contribution < -0.4 is 9.47 Å². The lowest BCUT2D eigenvalue weighted by atomic mass is 10.1. The summed E-state index contributed by atoms with van der Waals surface area (Å²) in [5, 5.41) is 0. The average Bonchev–Trinajstić information content (AvgIpc) is 3.12. The third-order valence-corrected chi connectivity index (χ3v) is 5.54. The second kappa shape index (κ2) is 10.1. The molecular weight excluding hydrogens is 437 g/mol. The predicted octanol–water partition coefficient (Wildman–Crippen LogP) is 5.61. The number of carbonyl (C=O) groups excluding carboxylic acids is 1. The highest BCUT2D eigenvalue weighted by Gasteiger charge is 2.31. The van der Waals surface area contributed by atoms with Gasteiger partial charge in [0.2, 0.25) is 0 Å². The summed E-state index contributed by atoms with van der Waals surface area (Å²) in [5.41, 5.74) is 3.32. The number of rotatable bonds is 9. The second-order valence-electron chi connectivity index (χ2n) is 7.75. The number of benzene rings is 2. The Labute approximate surface area is 190 Å². The number of carbonyl (C=O) groups is 1. The van der Waals surface area contributed by atoms with Gasteiger partial charge in [-0.1, -0.05) is 19.1 Å². The largest absolute Gasteiger partial charge is 0.573 e. The Morgan fingerprint density at radius 1 is 1.15 bits per heavy atom. The van der Waals surface area contributed by atoms with Crippen molar-refractivity contribution < 1.29 is 32.2 Å². The third-order valence-electron chi connectivity index (χ3n) is 5.54. The van der Waals surface area contributed by atoms with Gasteiger partial charge in [0, 0.05) is 24.9 Å². The second-order valence-corrected chi connectivity index (χ2v) is 7.75. The Kier molecular flexibility index (Phi) is 7.50. The van der Waals surface area contributed by atoms with Crippen molar-refractivity contribution in [1.29, 1.82) is 0 Å². The zero-order valence-corrected chi connectivity index (χ0v) is 19.0. The number of imidazole rings is 1. The summed E-state index contributed by atoms with van der Waals surface area (Å²) >= 11 is 0. The SMILES string of the molecule is CC[C@@H](C)n1c(Cc2ccc(OC(F)(F)F)cc2)nc2cc(CCC(=O)OC)c(OC)cc21. The minimum atomic E-state index is -4.73. The highest BCUT2D eigenvalue weighted by molar-refractivity contribution is 5.80. The highest BCUT2D eigenvalue weighted by atomic mass is 19.4. The van der Waals surface area contributed by atoms with E-state index in [-0.39, 0.29) is 24.2 Å². The van der Waals surface area contributed by atoms with E-state index in [1.807, 2.05) is 12.1 Å². The monoisotopic (exact) mass is 464 g/mol. The van der Waals surface area contributed by atoms with Crippen molar-refractivity contribution in [3.8, 4) is 11.5 Å². The number of fused-ring (bicyclic) bond motifs is 1. The molecule has 9 heteroatoms. The number of aromatic nitrogens is 2. The molecule has 0 radical (unpaired) electrons. The Bertz CT molecular complexity index is 1110. The molecule has 33 heavy (non-hydrogen) atoms. The van der Waals surface area contributed by atoms with Gasteiger partial charge in [0.15, 0.2) is 0 Å². The molecule has 0 aliphatic carbocycles. The summed E-state index contributed by atoms with van der Waals surface area (Å²) in [7, 11) is 2.93. The lowest BCUT2D eigenvalue weighted by Crippen LogP contribution is -2.17. The van der Waals surface area contributed by atoms with Crippen molar-refractivity contribution in [1.82, 2.24) is 9.55 Å². The molecule has 178 valence electrons. The van der Waals surface area contributed by atoms with Crippen molar-refractivity contribution in [3.05, 3.63) is 53.3 Å². The molecule has 0 amide bonds. The molecule has 1 heterocycles. The van der Waals surface area contributed by atoms with Gasteiger partial charge in [-0.2, -0.15) is 0 Å². The first-order valence-corrected chi connectivity index (χ1v) is 10.6. The Balaban J connectivity index is 1.97. The maximum Gasteiger partial charge on any atom is 0.573 e. The molecule has 1 atom stereocenters. The summed E-state index contributed by atoms with van der Waals surface area (Å²) in [6.07, 6.45) is -2.74. The normalized spacial score (nSPS) is 12.6. The molecule has 0 bridgehead atoms. The lowest BCUT2D eigenvalue weighted by Gasteiger charge is -2.17. The summed E-state index contributed by atoms with van der Waals surface area (Å²) in [6, 6.07) is 9.78. The van der Waals surface area contributed by atoms with E-state index in [9.17, 15) is 18.0 Å². The van der Waals surface area contributed by atoms with E-state index in [1.165, 1.54) is 19.2 Å². The van der Waals surface area contributed by atoms with Crippen molar-refractivity contribution in [2.24, 2.45) is 0 Å². The Hall–Kier alpha value is -3.23. The van der Waals surface area contributed by atoms with E-state index in [0.717, 1.165) is 34.4 Å². The van der Waals surface area contributed by atoms with Crippen LogP contribution in [0.5, 0.6) is 11.5 Å². The number of hydrogen-bond donors (Lipinski definition) is 0. The third kappa shape index (κ3) is 5.97. The van der Waals surface area contributed by atoms with Crippen LogP contribution in [0.4, 0.5) is 13.2 Å². The first-order chi connectivity index (χ1) is 15.6. The molecule has 3 aromatic rings. The molecule has 6 nitrogen and oxygen atoms in total. The number of ether oxygens (including phenoxy) is 3. The van der Waals surface area contributed by atoms with Crippen LogP contribution in [0.2, 0.25) is 0 Å². The van der Waals surface area contributed by atoms with Crippen molar-refractivity contribution in [2.75, 3.05) is 14.2 Å². The maximum absolute atomic E-state index is 12.4. The smallest absolute Gasteiger partial charge is 0.496 e. The van der Waals surface area contributed by atoms with Crippen LogP contribution in [0.15, 0.2) is 36.4 Å². The minimum absolute atomic E-state index is 0.142. The zero-order chi connectivity index (χ0) is 24.2. The van der Waals surface area contributed by atoms with Crippen LogP contribution in [0.25, 0.3) is 11.0 Å². The molecule has 0 aliphatic rings. The van der Waals surface area contributed by atoms with E-state index in [0.29, 0.717) is 18.6 Å². The van der Waals surface area contributed by atoms with Crippen LogP contribution in [0.1, 0.15) is 49.7 Å². The van der Waals surface area contributed by atoms with Gasteiger partial charge in [-0.15, -0.1) is 13.2 Å².